The third-order valence-electron chi connectivity index (χ3n) is 12.9. The average molecular weight is 1160 g/mol. The zero-order valence-electron chi connectivity index (χ0n) is 44.5. The summed E-state index contributed by atoms with van der Waals surface area (Å²) in [6, 6.07) is 14.9. The Morgan fingerprint density at radius 1 is 0.300 bits per heavy atom. The fourth-order valence-corrected chi connectivity index (χ4v) is 11.0. The molecule has 3 aromatic rings. The number of benzene rings is 3. The minimum absolute atomic E-state index is 0. The number of unbranched alkanes of at least 4 members (excludes halogenated alkanes) is 27. The number of aryl methyl sites for hydroxylation is 6. The van der Waals surface area contributed by atoms with Crippen molar-refractivity contribution in [1.82, 2.24) is 0 Å². The molecule has 0 radical (unpaired) electrons. The van der Waals surface area contributed by atoms with E-state index >= 15 is 0 Å². The summed E-state index contributed by atoms with van der Waals surface area (Å²) >= 11 is 0. The van der Waals surface area contributed by atoms with Crippen LogP contribution < -0.4 is 0 Å². The van der Waals surface area contributed by atoms with Crippen LogP contribution in [0.15, 0.2) is 69.3 Å². The van der Waals surface area contributed by atoms with Gasteiger partial charge in [0.25, 0.3) is 0 Å². The molecule has 3 aromatic carbocycles. The Morgan fingerprint density at radius 2 is 0.471 bits per heavy atom. The first kappa shape index (κ1) is 68.6. The Hall–Kier alpha value is -1.42. The third kappa shape index (κ3) is 34.1. The Kier molecular flexibility index (Phi) is 40.1. The van der Waals surface area contributed by atoms with E-state index in [2.05, 4.69) is 20.8 Å². The molecule has 0 fully saturated rings. The fourth-order valence-electron chi connectivity index (χ4n) is 8.85. The normalized spacial score (nSPS) is 11.6. The van der Waals surface area contributed by atoms with Gasteiger partial charge >= 0.3 is 35.6 Å². The molecule has 0 heterocycles. The topological polar surface area (TPSA) is 172 Å². The first-order valence-corrected chi connectivity index (χ1v) is 31.2. The second kappa shape index (κ2) is 40.9. The van der Waals surface area contributed by atoms with Gasteiger partial charge in [-0.2, -0.15) is 0 Å². The molecule has 13 heteroatoms. The number of rotatable bonds is 36. The van der Waals surface area contributed by atoms with E-state index < -0.39 is 30.4 Å². The SMILES string of the molecule is CCCCCCCCCCCCc1cc(C)ccc1S(=O)(=O)[O-].CCCCCCCCCCCCc1cc(C)ccc1S(=O)(=O)[O-].CCCCCCCCCCCCc1cc(C)ccc1S(=O)(=O)[O-].[La+3]. The molecule has 0 spiro atoms. The Bertz CT molecular complexity index is 1900. The summed E-state index contributed by atoms with van der Waals surface area (Å²) in [5.74, 6) is 0. The molecule has 0 atom stereocenters. The van der Waals surface area contributed by atoms with E-state index in [1.54, 1.807) is 18.2 Å². The first-order chi connectivity index (χ1) is 32.8. The summed E-state index contributed by atoms with van der Waals surface area (Å²) in [6.45, 7) is 12.5. The van der Waals surface area contributed by atoms with Crippen molar-refractivity contribution < 1.29 is 74.5 Å². The predicted octanol–water partition coefficient (Wildman–Crippen LogP) is 16.1. The Balaban J connectivity index is 0.00000101. The van der Waals surface area contributed by atoms with E-state index in [1.165, 1.54) is 172 Å². The van der Waals surface area contributed by atoms with Crippen molar-refractivity contribution in [2.45, 2.75) is 268 Å². The monoisotopic (exact) mass is 1160 g/mol. The van der Waals surface area contributed by atoms with Crippen molar-refractivity contribution in [1.29, 1.82) is 0 Å². The van der Waals surface area contributed by atoms with E-state index in [9.17, 15) is 38.9 Å². The van der Waals surface area contributed by atoms with Crippen LogP contribution in [-0.2, 0) is 49.6 Å². The van der Waals surface area contributed by atoms with Crippen molar-refractivity contribution in [3.8, 4) is 0 Å². The molecule has 0 aliphatic heterocycles. The van der Waals surface area contributed by atoms with E-state index in [1.807, 2.05) is 39.0 Å². The van der Waals surface area contributed by atoms with E-state index in [-0.39, 0.29) is 50.3 Å². The largest absolute Gasteiger partial charge is 3.00 e. The second-order valence-electron chi connectivity index (χ2n) is 19.5. The van der Waals surface area contributed by atoms with Gasteiger partial charge in [0, 0.05) is 0 Å². The van der Waals surface area contributed by atoms with Crippen molar-refractivity contribution >= 4 is 30.4 Å². The molecule has 0 aliphatic carbocycles. The van der Waals surface area contributed by atoms with Gasteiger partial charge in [-0.05, 0) is 94.2 Å². The molecule has 0 bridgehead atoms. The van der Waals surface area contributed by atoms with Gasteiger partial charge in [-0.15, -0.1) is 0 Å². The van der Waals surface area contributed by atoms with Gasteiger partial charge in [-0.25, -0.2) is 25.3 Å². The van der Waals surface area contributed by atoms with Crippen LogP contribution in [0.25, 0.3) is 0 Å². The summed E-state index contributed by atoms with van der Waals surface area (Å²) < 4.78 is 102. The summed E-state index contributed by atoms with van der Waals surface area (Å²) in [5, 5.41) is 0. The van der Waals surface area contributed by atoms with Crippen LogP contribution in [0.3, 0.4) is 0 Å². The summed E-state index contributed by atoms with van der Waals surface area (Å²) in [5.41, 5.74) is 5.04. The van der Waals surface area contributed by atoms with Crippen LogP contribution in [0.2, 0.25) is 0 Å². The molecule has 396 valence electrons. The zero-order chi connectivity index (χ0) is 51.4. The van der Waals surface area contributed by atoms with Gasteiger partial charge in [0.2, 0.25) is 0 Å². The van der Waals surface area contributed by atoms with Crippen molar-refractivity contribution in [3.05, 3.63) is 88.0 Å². The smallest absolute Gasteiger partial charge is 0.744 e. The van der Waals surface area contributed by atoms with Gasteiger partial charge in [0.15, 0.2) is 0 Å². The summed E-state index contributed by atoms with van der Waals surface area (Å²) in [4.78, 5) is -0.128. The molecule has 0 aromatic heterocycles. The van der Waals surface area contributed by atoms with Crippen LogP contribution >= 0.6 is 0 Å². The van der Waals surface area contributed by atoms with Gasteiger partial charge in [0.05, 0.1) is 14.7 Å². The van der Waals surface area contributed by atoms with E-state index in [0.717, 1.165) is 55.2 Å². The molecule has 3 rings (SSSR count). The molecule has 0 saturated carbocycles. The fraction of sp³-hybridized carbons (Fsp3) is 0.684. The predicted molar refractivity (Wildman–Crippen MR) is 284 cm³/mol. The average Bonchev–Trinajstić information content (AvgIpc) is 3.27. The van der Waals surface area contributed by atoms with Crippen molar-refractivity contribution in [3.63, 3.8) is 0 Å². The summed E-state index contributed by atoms with van der Waals surface area (Å²) in [7, 11) is -13.1. The molecule has 70 heavy (non-hydrogen) atoms. The van der Waals surface area contributed by atoms with Gasteiger partial charge < -0.3 is 13.7 Å². The Labute approximate surface area is 457 Å². The molecular formula is C57H93LaO9S3. The first-order valence-electron chi connectivity index (χ1n) is 27.0. The molecule has 0 aliphatic rings. The van der Waals surface area contributed by atoms with E-state index in [0.29, 0.717) is 36.0 Å². The van der Waals surface area contributed by atoms with Crippen molar-refractivity contribution in [2.75, 3.05) is 0 Å². The van der Waals surface area contributed by atoms with Crippen LogP contribution in [0.1, 0.15) is 247 Å². The quantitative estimate of drug-likeness (QED) is 0.0406. The number of hydrogen-bond acceptors (Lipinski definition) is 9. The maximum atomic E-state index is 11.3. The van der Waals surface area contributed by atoms with Crippen LogP contribution in [0.5, 0.6) is 0 Å². The van der Waals surface area contributed by atoms with Gasteiger partial charge in [-0.1, -0.05) is 247 Å². The van der Waals surface area contributed by atoms with Gasteiger partial charge in [-0.3, -0.25) is 0 Å². The maximum absolute atomic E-state index is 11.3. The molecular weight excluding hydrogens is 1060 g/mol. The molecule has 0 amide bonds. The maximum Gasteiger partial charge on any atom is 3.00 e. The number of hydrogen-bond donors (Lipinski definition) is 0. The van der Waals surface area contributed by atoms with Crippen molar-refractivity contribution in [2.24, 2.45) is 0 Å². The minimum atomic E-state index is -4.36. The standard InChI is InChI=1S/3C19H32O3S.La/c3*1-3-4-5-6-7-8-9-10-11-12-13-18-16-17(2)14-15-19(18)23(20,21)22;/h3*14-16H,3-13H2,1-2H3,(H,20,21,22);/q;;;+3/p-3. The zero-order valence-corrected chi connectivity index (χ0v) is 50.6. The van der Waals surface area contributed by atoms with Crippen LogP contribution in [-0.4, -0.2) is 38.9 Å². The van der Waals surface area contributed by atoms with Gasteiger partial charge in [0.1, 0.15) is 30.4 Å². The third-order valence-corrected chi connectivity index (χ3v) is 15.7. The molecule has 0 saturated heterocycles. The molecule has 9 nitrogen and oxygen atoms in total. The van der Waals surface area contributed by atoms with E-state index in [4.69, 9.17) is 0 Å². The van der Waals surface area contributed by atoms with Crippen LogP contribution in [0.4, 0.5) is 0 Å². The van der Waals surface area contributed by atoms with Crippen LogP contribution in [0, 0.1) is 56.4 Å². The summed E-state index contributed by atoms with van der Waals surface area (Å²) in [6.07, 6.45) is 39.4. The molecule has 0 N–H and O–H groups in total. The Morgan fingerprint density at radius 3 is 0.643 bits per heavy atom. The minimum Gasteiger partial charge on any atom is -0.744 e. The molecule has 0 unspecified atom stereocenters. The second-order valence-corrected chi connectivity index (χ2v) is 23.5.